The minimum absolute atomic E-state index is 0.183. The molecule has 1 aromatic carbocycles. The third kappa shape index (κ3) is 2.56. The van der Waals surface area contributed by atoms with Gasteiger partial charge in [0.15, 0.2) is 0 Å². The number of rotatable bonds is 2. The maximum atomic E-state index is 6.21. The number of pyridine rings is 1. The lowest BCUT2D eigenvalue weighted by molar-refractivity contribution is 0.583. The molecule has 19 heavy (non-hydrogen) atoms. The van der Waals surface area contributed by atoms with Gasteiger partial charge in [-0.25, -0.2) is 0 Å². The van der Waals surface area contributed by atoms with Crippen LogP contribution in [0.1, 0.15) is 30.1 Å². The van der Waals surface area contributed by atoms with Crippen LogP contribution in [0.25, 0.3) is 0 Å². The van der Waals surface area contributed by atoms with Gasteiger partial charge in [0.1, 0.15) is 0 Å². The van der Waals surface area contributed by atoms with E-state index < -0.39 is 0 Å². The molecule has 0 saturated heterocycles. The van der Waals surface area contributed by atoms with Gasteiger partial charge in [0, 0.05) is 6.20 Å². The molecule has 1 aliphatic rings. The lowest BCUT2D eigenvalue weighted by Gasteiger charge is -2.26. The molecule has 0 bridgehead atoms. The molecule has 1 N–H and O–H groups in total. The monoisotopic (exact) mass is 292 g/mol. The quantitative estimate of drug-likeness (QED) is 0.853. The first kappa shape index (κ1) is 12.8. The van der Waals surface area contributed by atoms with Crippen LogP contribution in [-0.4, -0.2) is 4.98 Å². The average molecular weight is 293 g/mol. The summed E-state index contributed by atoms with van der Waals surface area (Å²) in [6, 6.07) is 9.86. The van der Waals surface area contributed by atoms with Crippen LogP contribution >= 0.6 is 23.2 Å². The third-order valence-electron chi connectivity index (χ3n) is 3.48. The van der Waals surface area contributed by atoms with Crippen LogP contribution in [0.4, 0.5) is 5.69 Å². The van der Waals surface area contributed by atoms with Crippen LogP contribution in [0.2, 0.25) is 10.0 Å². The number of para-hydroxylation sites is 1. The number of fused-ring (bicyclic) bond motifs is 1. The summed E-state index contributed by atoms with van der Waals surface area (Å²) in [5, 5.41) is 4.74. The molecule has 1 unspecified atom stereocenters. The van der Waals surface area contributed by atoms with Crippen LogP contribution in [0.5, 0.6) is 0 Å². The van der Waals surface area contributed by atoms with Crippen molar-refractivity contribution in [2.24, 2.45) is 0 Å². The van der Waals surface area contributed by atoms with Gasteiger partial charge in [-0.3, -0.25) is 4.98 Å². The topological polar surface area (TPSA) is 24.9 Å². The molecule has 4 heteroatoms. The predicted molar refractivity (Wildman–Crippen MR) is 80.0 cm³/mol. The van der Waals surface area contributed by atoms with Gasteiger partial charge in [0.05, 0.1) is 27.5 Å². The number of benzene rings is 1. The van der Waals surface area contributed by atoms with Crippen LogP contribution in [0, 0.1) is 0 Å². The highest BCUT2D eigenvalue weighted by molar-refractivity contribution is 6.39. The Labute approximate surface area is 122 Å². The van der Waals surface area contributed by atoms with Gasteiger partial charge in [0.25, 0.3) is 0 Å². The zero-order valence-electron chi connectivity index (χ0n) is 10.4. The van der Waals surface area contributed by atoms with E-state index >= 15 is 0 Å². The van der Waals surface area contributed by atoms with Crippen molar-refractivity contribution in [2.75, 3.05) is 5.32 Å². The van der Waals surface area contributed by atoms with Gasteiger partial charge in [-0.1, -0.05) is 35.3 Å². The van der Waals surface area contributed by atoms with E-state index in [1.165, 1.54) is 5.56 Å². The zero-order chi connectivity index (χ0) is 13.2. The van der Waals surface area contributed by atoms with Crippen LogP contribution < -0.4 is 5.32 Å². The SMILES string of the molecule is Clc1cccc(Cl)c1NC1CCCc2cccnc21. The summed E-state index contributed by atoms with van der Waals surface area (Å²) in [6.07, 6.45) is 5.13. The number of nitrogens with one attached hydrogen (secondary N) is 1. The van der Waals surface area contributed by atoms with Crippen molar-refractivity contribution in [1.29, 1.82) is 0 Å². The molecule has 2 nitrogen and oxygen atoms in total. The summed E-state index contributed by atoms with van der Waals surface area (Å²) in [5.41, 5.74) is 3.23. The summed E-state index contributed by atoms with van der Waals surface area (Å²) in [4.78, 5) is 4.51. The van der Waals surface area contributed by atoms with E-state index in [9.17, 15) is 0 Å². The Kier molecular flexibility index (Phi) is 3.63. The lowest BCUT2D eigenvalue weighted by Crippen LogP contribution is -2.19. The minimum atomic E-state index is 0.183. The fourth-order valence-electron chi connectivity index (χ4n) is 2.56. The number of hydrogen-bond donors (Lipinski definition) is 1. The molecule has 3 rings (SSSR count). The number of hydrogen-bond acceptors (Lipinski definition) is 2. The Balaban J connectivity index is 1.93. The molecule has 0 radical (unpaired) electrons. The van der Waals surface area contributed by atoms with E-state index in [4.69, 9.17) is 23.2 Å². The number of nitrogens with zero attached hydrogens (tertiary/aromatic N) is 1. The molecule has 0 aliphatic heterocycles. The van der Waals surface area contributed by atoms with Gasteiger partial charge >= 0.3 is 0 Å². The van der Waals surface area contributed by atoms with Gasteiger partial charge < -0.3 is 5.32 Å². The van der Waals surface area contributed by atoms with Crippen LogP contribution in [0.3, 0.4) is 0 Å². The second-order valence-electron chi connectivity index (χ2n) is 4.73. The summed E-state index contributed by atoms with van der Waals surface area (Å²) in [6.45, 7) is 0. The molecule has 0 saturated carbocycles. The van der Waals surface area contributed by atoms with E-state index in [1.807, 2.05) is 30.5 Å². The standard InChI is InChI=1S/C15H14Cl2N2/c16-11-6-2-7-12(17)15(11)19-13-8-1-4-10-5-3-9-18-14(10)13/h2-3,5-7,9,13,19H,1,4,8H2. The summed E-state index contributed by atoms with van der Waals surface area (Å²) >= 11 is 12.4. The number of anilines is 1. The van der Waals surface area contributed by atoms with E-state index in [1.54, 1.807) is 0 Å². The Morgan fingerprint density at radius 3 is 2.68 bits per heavy atom. The summed E-state index contributed by atoms with van der Waals surface area (Å²) < 4.78 is 0. The summed E-state index contributed by atoms with van der Waals surface area (Å²) in [5.74, 6) is 0. The highest BCUT2D eigenvalue weighted by Gasteiger charge is 2.22. The largest absolute Gasteiger partial charge is 0.374 e. The van der Waals surface area contributed by atoms with Crippen LogP contribution in [-0.2, 0) is 6.42 Å². The Morgan fingerprint density at radius 2 is 1.89 bits per heavy atom. The molecule has 1 heterocycles. The molecule has 98 valence electrons. The molecule has 1 aliphatic carbocycles. The molecule has 0 spiro atoms. The smallest absolute Gasteiger partial charge is 0.0724 e. The second-order valence-corrected chi connectivity index (χ2v) is 5.55. The maximum Gasteiger partial charge on any atom is 0.0724 e. The normalized spacial score (nSPS) is 17.9. The molecular weight excluding hydrogens is 279 g/mol. The molecule has 1 atom stereocenters. The molecule has 1 aromatic heterocycles. The molecule has 0 fully saturated rings. The molecule has 2 aromatic rings. The third-order valence-corrected chi connectivity index (χ3v) is 4.11. The van der Waals surface area contributed by atoms with E-state index in [0.717, 1.165) is 30.6 Å². The van der Waals surface area contributed by atoms with E-state index in [0.29, 0.717) is 10.0 Å². The minimum Gasteiger partial charge on any atom is -0.374 e. The Bertz CT molecular complexity index is 578. The highest BCUT2D eigenvalue weighted by atomic mass is 35.5. The number of aryl methyl sites for hydroxylation is 1. The zero-order valence-corrected chi connectivity index (χ0v) is 11.9. The van der Waals surface area contributed by atoms with Gasteiger partial charge in [-0.2, -0.15) is 0 Å². The van der Waals surface area contributed by atoms with Gasteiger partial charge in [0.2, 0.25) is 0 Å². The molecular formula is C15H14Cl2N2. The fraction of sp³-hybridized carbons (Fsp3) is 0.267. The van der Waals surface area contributed by atoms with Crippen molar-refractivity contribution in [3.8, 4) is 0 Å². The van der Waals surface area contributed by atoms with Gasteiger partial charge in [-0.15, -0.1) is 0 Å². The first-order valence-electron chi connectivity index (χ1n) is 6.40. The van der Waals surface area contributed by atoms with Crippen LogP contribution in [0.15, 0.2) is 36.5 Å². The Morgan fingerprint density at radius 1 is 1.11 bits per heavy atom. The van der Waals surface area contributed by atoms with Crippen molar-refractivity contribution in [3.63, 3.8) is 0 Å². The van der Waals surface area contributed by atoms with Crippen molar-refractivity contribution in [2.45, 2.75) is 25.3 Å². The van der Waals surface area contributed by atoms with Gasteiger partial charge in [-0.05, 0) is 43.0 Å². The van der Waals surface area contributed by atoms with Crippen molar-refractivity contribution < 1.29 is 0 Å². The first-order valence-corrected chi connectivity index (χ1v) is 7.15. The highest BCUT2D eigenvalue weighted by Crippen LogP contribution is 2.36. The average Bonchev–Trinajstić information content (AvgIpc) is 2.43. The predicted octanol–water partition coefficient (Wildman–Crippen LogP) is 4.88. The second kappa shape index (κ2) is 5.40. The first-order chi connectivity index (χ1) is 9.25. The number of aromatic nitrogens is 1. The maximum absolute atomic E-state index is 6.21. The van der Waals surface area contributed by atoms with E-state index in [-0.39, 0.29) is 6.04 Å². The van der Waals surface area contributed by atoms with Crippen molar-refractivity contribution in [1.82, 2.24) is 4.98 Å². The lowest BCUT2D eigenvalue weighted by atomic mass is 9.92. The van der Waals surface area contributed by atoms with E-state index in [2.05, 4.69) is 16.4 Å². The molecule has 0 amide bonds. The van der Waals surface area contributed by atoms with Crippen molar-refractivity contribution >= 4 is 28.9 Å². The Hall–Kier alpha value is -1.25. The summed E-state index contributed by atoms with van der Waals surface area (Å²) in [7, 11) is 0. The van der Waals surface area contributed by atoms with Crippen molar-refractivity contribution in [3.05, 3.63) is 57.8 Å². The number of halogens is 2. The fourth-order valence-corrected chi connectivity index (χ4v) is 3.07.